The van der Waals surface area contributed by atoms with Gasteiger partial charge in [-0.15, -0.1) is 0 Å². The Kier molecular flexibility index (Phi) is 10.3. The summed E-state index contributed by atoms with van der Waals surface area (Å²) in [6, 6.07) is 22.9. The topological polar surface area (TPSA) is 99.9 Å². The summed E-state index contributed by atoms with van der Waals surface area (Å²) in [5.74, 6) is -0.277. The van der Waals surface area contributed by atoms with Gasteiger partial charge in [0.15, 0.2) is 6.30 Å². The van der Waals surface area contributed by atoms with Crippen LogP contribution in [0.5, 0.6) is 0 Å². The zero-order chi connectivity index (χ0) is 27.5. The molecular weight excluding hydrogens is 497 g/mol. The predicted molar refractivity (Wildman–Crippen MR) is 151 cm³/mol. The largest absolute Gasteiger partial charge is 0.397 e. The van der Waals surface area contributed by atoms with Crippen LogP contribution in [0.2, 0.25) is 0 Å². The lowest BCUT2D eigenvalue weighted by molar-refractivity contribution is 0.0364. The van der Waals surface area contributed by atoms with Crippen LogP contribution in [0.25, 0.3) is 0 Å². The van der Waals surface area contributed by atoms with Crippen LogP contribution >= 0.6 is 0 Å². The quantitative estimate of drug-likeness (QED) is 0.252. The van der Waals surface area contributed by atoms with Crippen molar-refractivity contribution in [2.45, 2.75) is 25.7 Å². The summed E-state index contributed by atoms with van der Waals surface area (Å²) in [7, 11) is 0. The third-order valence-corrected chi connectivity index (χ3v) is 6.63. The Balaban J connectivity index is 1.37. The maximum Gasteiger partial charge on any atom is 0.319 e. The van der Waals surface area contributed by atoms with E-state index in [1.54, 1.807) is 41.3 Å². The van der Waals surface area contributed by atoms with E-state index in [0.29, 0.717) is 43.2 Å². The smallest absolute Gasteiger partial charge is 0.319 e. The van der Waals surface area contributed by atoms with E-state index < -0.39 is 12.3 Å². The van der Waals surface area contributed by atoms with Crippen LogP contribution in [-0.2, 0) is 17.7 Å². The number of anilines is 2. The highest BCUT2D eigenvalue weighted by molar-refractivity contribution is 6.05. The maximum absolute atomic E-state index is 14.8. The number of alkyl halides is 1. The normalized spacial score (nSPS) is 14.4. The van der Waals surface area contributed by atoms with Crippen molar-refractivity contribution in [3.63, 3.8) is 0 Å². The highest BCUT2D eigenvalue weighted by Gasteiger charge is 2.19. The van der Waals surface area contributed by atoms with Gasteiger partial charge in [-0.25, -0.2) is 9.18 Å². The van der Waals surface area contributed by atoms with Gasteiger partial charge in [0.05, 0.1) is 24.6 Å². The molecule has 0 saturated carbocycles. The van der Waals surface area contributed by atoms with Crippen LogP contribution in [-0.4, -0.2) is 67.4 Å². The number of nitrogens with one attached hydrogen (secondary N) is 2. The first-order chi connectivity index (χ1) is 19.0. The van der Waals surface area contributed by atoms with Gasteiger partial charge in [0.25, 0.3) is 5.91 Å². The number of nitrogen functional groups attached to an aromatic ring is 1. The molecule has 1 aliphatic heterocycles. The number of hydrogen-bond donors (Lipinski definition) is 3. The van der Waals surface area contributed by atoms with Crippen LogP contribution in [0.4, 0.5) is 20.6 Å². The Bertz CT molecular complexity index is 1200. The van der Waals surface area contributed by atoms with Crippen LogP contribution in [0.3, 0.4) is 0 Å². The molecule has 0 radical (unpaired) electrons. The Labute approximate surface area is 228 Å². The summed E-state index contributed by atoms with van der Waals surface area (Å²) in [5, 5.41) is 5.32. The van der Waals surface area contributed by atoms with Crippen molar-refractivity contribution in [1.29, 1.82) is 0 Å². The van der Waals surface area contributed by atoms with Gasteiger partial charge >= 0.3 is 6.03 Å². The standard InChI is InChI=1S/C30H36FN5O3/c31-28(21-23-7-2-1-3-8-23)34-30(38)36(16-6-15-35-17-19-39-20-18-35)22-24-11-13-25(14-12-24)29(37)33-27-10-5-4-9-26(27)32/h1-5,7-14,28H,6,15-22,32H2,(H,33,37)(H,34,38). The van der Waals surface area contributed by atoms with Crippen molar-refractivity contribution in [2.24, 2.45) is 0 Å². The molecule has 0 bridgehead atoms. The minimum Gasteiger partial charge on any atom is -0.397 e. The van der Waals surface area contributed by atoms with Gasteiger partial charge in [-0.2, -0.15) is 0 Å². The predicted octanol–water partition coefficient (Wildman–Crippen LogP) is 4.29. The molecule has 1 heterocycles. The van der Waals surface area contributed by atoms with Crippen LogP contribution in [0, 0.1) is 0 Å². The van der Waals surface area contributed by atoms with Gasteiger partial charge in [0.1, 0.15) is 0 Å². The number of urea groups is 1. The monoisotopic (exact) mass is 533 g/mol. The van der Waals surface area contributed by atoms with Gasteiger partial charge in [-0.1, -0.05) is 54.6 Å². The lowest BCUT2D eigenvalue weighted by Gasteiger charge is -2.29. The Morgan fingerprint density at radius 1 is 0.949 bits per heavy atom. The molecule has 0 spiro atoms. The molecule has 9 heteroatoms. The highest BCUT2D eigenvalue weighted by Crippen LogP contribution is 2.18. The molecule has 39 heavy (non-hydrogen) atoms. The number of carbonyl (C=O) groups is 2. The van der Waals surface area contributed by atoms with Crippen molar-refractivity contribution in [1.82, 2.24) is 15.1 Å². The van der Waals surface area contributed by atoms with Crippen LogP contribution in [0.1, 0.15) is 27.9 Å². The molecule has 1 atom stereocenters. The summed E-state index contributed by atoms with van der Waals surface area (Å²) in [6.07, 6.45) is -0.649. The average Bonchev–Trinajstić information content (AvgIpc) is 2.95. The minimum atomic E-state index is -1.50. The number of halogens is 1. The summed E-state index contributed by atoms with van der Waals surface area (Å²) < 4.78 is 20.2. The fourth-order valence-electron chi connectivity index (χ4n) is 4.45. The first-order valence-corrected chi connectivity index (χ1v) is 13.3. The molecule has 206 valence electrons. The fraction of sp³-hybridized carbons (Fsp3) is 0.333. The molecule has 0 aliphatic carbocycles. The second-order valence-corrected chi connectivity index (χ2v) is 9.57. The van der Waals surface area contributed by atoms with Gasteiger partial charge in [-0.3, -0.25) is 9.69 Å². The number of benzene rings is 3. The van der Waals surface area contributed by atoms with E-state index >= 15 is 0 Å². The van der Waals surface area contributed by atoms with E-state index in [4.69, 9.17) is 10.5 Å². The van der Waals surface area contributed by atoms with E-state index in [9.17, 15) is 14.0 Å². The van der Waals surface area contributed by atoms with E-state index in [-0.39, 0.29) is 12.3 Å². The SMILES string of the molecule is Nc1ccccc1NC(=O)c1ccc(CN(CCCN2CCOCC2)C(=O)NC(F)Cc2ccccc2)cc1. The van der Waals surface area contributed by atoms with Crippen molar-refractivity contribution in [3.05, 3.63) is 95.6 Å². The van der Waals surface area contributed by atoms with Crippen molar-refractivity contribution >= 4 is 23.3 Å². The van der Waals surface area contributed by atoms with Crippen LogP contribution in [0.15, 0.2) is 78.9 Å². The van der Waals surface area contributed by atoms with Crippen molar-refractivity contribution < 1.29 is 18.7 Å². The Hall–Kier alpha value is -3.95. The summed E-state index contributed by atoms with van der Waals surface area (Å²) in [6.45, 7) is 4.76. The van der Waals surface area contributed by atoms with E-state index in [1.807, 2.05) is 42.5 Å². The number of para-hydroxylation sites is 2. The Morgan fingerprint density at radius 2 is 1.64 bits per heavy atom. The van der Waals surface area contributed by atoms with Crippen molar-refractivity contribution in [2.75, 3.05) is 50.4 Å². The van der Waals surface area contributed by atoms with E-state index in [0.717, 1.165) is 37.2 Å². The van der Waals surface area contributed by atoms with Gasteiger partial charge in [0, 0.05) is 44.7 Å². The van der Waals surface area contributed by atoms with E-state index in [2.05, 4.69) is 15.5 Å². The van der Waals surface area contributed by atoms with E-state index in [1.165, 1.54) is 0 Å². The molecule has 0 aromatic heterocycles. The first kappa shape index (κ1) is 28.1. The molecule has 8 nitrogen and oxygen atoms in total. The molecule has 3 aromatic rings. The summed E-state index contributed by atoms with van der Waals surface area (Å²) in [4.78, 5) is 29.7. The molecule has 1 aliphatic rings. The highest BCUT2D eigenvalue weighted by atomic mass is 19.1. The van der Waals surface area contributed by atoms with Gasteiger partial charge in [0.2, 0.25) is 0 Å². The number of carbonyl (C=O) groups excluding carboxylic acids is 2. The number of morpholine rings is 1. The second-order valence-electron chi connectivity index (χ2n) is 9.57. The lowest BCUT2D eigenvalue weighted by Crippen LogP contribution is -2.45. The number of ether oxygens (including phenoxy) is 1. The van der Waals surface area contributed by atoms with Gasteiger partial charge in [-0.05, 0) is 41.8 Å². The van der Waals surface area contributed by atoms with Crippen LogP contribution < -0.4 is 16.4 Å². The molecule has 1 unspecified atom stereocenters. The number of rotatable bonds is 11. The molecule has 1 saturated heterocycles. The van der Waals surface area contributed by atoms with Crippen molar-refractivity contribution in [3.8, 4) is 0 Å². The molecule has 3 amide bonds. The minimum absolute atomic E-state index is 0.101. The third-order valence-electron chi connectivity index (χ3n) is 6.63. The number of nitrogens with two attached hydrogens (primary N) is 1. The summed E-state index contributed by atoms with van der Waals surface area (Å²) >= 11 is 0. The fourth-order valence-corrected chi connectivity index (χ4v) is 4.45. The Morgan fingerprint density at radius 3 is 2.36 bits per heavy atom. The summed E-state index contributed by atoms with van der Waals surface area (Å²) in [5.41, 5.74) is 9.08. The zero-order valence-corrected chi connectivity index (χ0v) is 22.0. The molecule has 4 rings (SSSR count). The molecule has 4 N–H and O–H groups in total. The number of nitrogens with zero attached hydrogens (tertiary/aromatic N) is 2. The second kappa shape index (κ2) is 14.3. The molecule has 3 aromatic carbocycles. The zero-order valence-electron chi connectivity index (χ0n) is 22.0. The molecule has 1 fully saturated rings. The molecular formula is C30H36FN5O3. The average molecular weight is 534 g/mol. The number of hydrogen-bond acceptors (Lipinski definition) is 5. The van der Waals surface area contributed by atoms with Gasteiger partial charge < -0.3 is 26.0 Å². The lowest BCUT2D eigenvalue weighted by atomic mass is 10.1. The first-order valence-electron chi connectivity index (χ1n) is 13.3. The number of amides is 3. The third kappa shape index (κ3) is 8.80. The maximum atomic E-state index is 14.8.